The summed E-state index contributed by atoms with van der Waals surface area (Å²) < 4.78 is 26.6. The van der Waals surface area contributed by atoms with Gasteiger partial charge in [-0.05, 0) is 26.0 Å². The van der Waals surface area contributed by atoms with E-state index in [1.165, 1.54) is 12.1 Å². The van der Waals surface area contributed by atoms with Gasteiger partial charge in [-0.1, -0.05) is 12.1 Å². The number of benzene rings is 1. The summed E-state index contributed by atoms with van der Waals surface area (Å²) in [6.07, 6.45) is 1.84. The Balaban J connectivity index is 2.06. The summed E-state index contributed by atoms with van der Waals surface area (Å²) in [5.41, 5.74) is 0.125. The number of rotatable bonds is 4. The van der Waals surface area contributed by atoms with Gasteiger partial charge in [-0.3, -0.25) is 4.79 Å². The maximum Gasteiger partial charge on any atom is 0.227 e. The van der Waals surface area contributed by atoms with E-state index >= 15 is 0 Å². The van der Waals surface area contributed by atoms with Crippen molar-refractivity contribution in [2.24, 2.45) is 0 Å². The third-order valence-corrected chi connectivity index (χ3v) is 3.51. The van der Waals surface area contributed by atoms with Gasteiger partial charge in [-0.25, -0.2) is 8.78 Å². The van der Waals surface area contributed by atoms with Crippen LogP contribution in [-0.4, -0.2) is 37.0 Å². The van der Waals surface area contributed by atoms with Gasteiger partial charge in [0.2, 0.25) is 5.91 Å². The molecule has 5 heteroatoms. The molecule has 1 aromatic rings. The molecule has 1 N–H and O–H groups in total. The molecule has 1 aliphatic heterocycles. The van der Waals surface area contributed by atoms with Gasteiger partial charge in [0.25, 0.3) is 0 Å². The fraction of sp³-hybridized carbons (Fsp3) is 0.500. The zero-order valence-electron chi connectivity index (χ0n) is 11.0. The lowest BCUT2D eigenvalue weighted by atomic mass is 10.1. The number of hydrogen-bond donors (Lipinski definition) is 1. The number of amides is 1. The predicted octanol–water partition coefficient (Wildman–Crippen LogP) is 1.72. The third-order valence-electron chi connectivity index (χ3n) is 3.51. The van der Waals surface area contributed by atoms with E-state index in [0.29, 0.717) is 6.54 Å². The second kappa shape index (κ2) is 6.10. The van der Waals surface area contributed by atoms with Gasteiger partial charge in [0, 0.05) is 24.7 Å². The molecule has 1 aliphatic rings. The number of halogens is 2. The first-order valence-corrected chi connectivity index (χ1v) is 6.50. The van der Waals surface area contributed by atoms with Crippen molar-refractivity contribution >= 4 is 5.91 Å². The van der Waals surface area contributed by atoms with Crippen LogP contribution in [0.25, 0.3) is 0 Å². The van der Waals surface area contributed by atoms with Gasteiger partial charge in [-0.2, -0.15) is 0 Å². The van der Waals surface area contributed by atoms with Crippen molar-refractivity contribution in [3.63, 3.8) is 0 Å². The Kier molecular flexibility index (Phi) is 4.47. The Labute approximate surface area is 111 Å². The average Bonchev–Trinajstić information content (AvgIpc) is 2.84. The van der Waals surface area contributed by atoms with Crippen molar-refractivity contribution in [3.05, 3.63) is 35.4 Å². The standard InChI is InChI=1S/C14H18F2N2O/c1-17-9-11-5-3-7-18(11)13(19)8-10-4-2-6-12(15)14(10)16/h2,4,6,11,17H,3,5,7-9H2,1H3/t11-/m1/s1. The molecule has 2 rings (SSSR count). The molecular weight excluding hydrogens is 250 g/mol. The van der Waals surface area contributed by atoms with Gasteiger partial charge in [0.05, 0.1) is 6.42 Å². The Bertz CT molecular complexity index is 465. The van der Waals surface area contributed by atoms with Crippen LogP contribution in [0.1, 0.15) is 18.4 Å². The second-order valence-corrected chi connectivity index (χ2v) is 4.83. The van der Waals surface area contributed by atoms with E-state index in [-0.39, 0.29) is 23.9 Å². The molecule has 0 spiro atoms. The predicted molar refractivity (Wildman–Crippen MR) is 68.7 cm³/mol. The van der Waals surface area contributed by atoms with Crippen molar-refractivity contribution in [1.29, 1.82) is 0 Å². The smallest absolute Gasteiger partial charge is 0.227 e. The number of carbonyl (C=O) groups is 1. The molecule has 1 aromatic carbocycles. The summed E-state index contributed by atoms with van der Waals surface area (Å²) in [6.45, 7) is 1.43. The third kappa shape index (κ3) is 3.10. The molecule has 0 aromatic heterocycles. The number of likely N-dealkylation sites (N-methyl/N-ethyl adjacent to an activating group) is 1. The van der Waals surface area contributed by atoms with Gasteiger partial charge in [0.15, 0.2) is 11.6 Å². The molecule has 1 amide bonds. The fourth-order valence-corrected chi connectivity index (χ4v) is 2.56. The van der Waals surface area contributed by atoms with Crippen LogP contribution in [0.5, 0.6) is 0 Å². The summed E-state index contributed by atoms with van der Waals surface area (Å²) >= 11 is 0. The normalized spacial score (nSPS) is 18.9. The Hall–Kier alpha value is -1.49. The lowest BCUT2D eigenvalue weighted by molar-refractivity contribution is -0.131. The molecule has 0 radical (unpaired) electrons. The highest BCUT2D eigenvalue weighted by molar-refractivity contribution is 5.79. The number of likely N-dealkylation sites (tertiary alicyclic amines) is 1. The Morgan fingerprint density at radius 3 is 3.00 bits per heavy atom. The van der Waals surface area contributed by atoms with E-state index in [0.717, 1.165) is 25.5 Å². The minimum atomic E-state index is -0.916. The molecule has 0 saturated carbocycles. The van der Waals surface area contributed by atoms with Gasteiger partial charge < -0.3 is 10.2 Å². The van der Waals surface area contributed by atoms with Gasteiger partial charge in [-0.15, -0.1) is 0 Å². The van der Waals surface area contributed by atoms with Crippen LogP contribution < -0.4 is 5.32 Å². The SMILES string of the molecule is CNC[C@H]1CCCN1C(=O)Cc1cccc(F)c1F. The minimum absolute atomic E-state index is 0.0796. The monoisotopic (exact) mass is 268 g/mol. The first-order chi connectivity index (χ1) is 9.13. The van der Waals surface area contributed by atoms with Crippen LogP contribution in [0.15, 0.2) is 18.2 Å². The van der Waals surface area contributed by atoms with Crippen molar-refractivity contribution in [3.8, 4) is 0 Å². The highest BCUT2D eigenvalue weighted by Gasteiger charge is 2.28. The molecule has 1 atom stereocenters. The van der Waals surface area contributed by atoms with E-state index < -0.39 is 11.6 Å². The summed E-state index contributed by atoms with van der Waals surface area (Å²) in [7, 11) is 1.84. The van der Waals surface area contributed by atoms with Crippen LogP contribution in [0.2, 0.25) is 0 Å². The van der Waals surface area contributed by atoms with Crippen LogP contribution in [0, 0.1) is 11.6 Å². The molecule has 1 saturated heterocycles. The van der Waals surface area contributed by atoms with E-state index in [1.807, 2.05) is 7.05 Å². The van der Waals surface area contributed by atoms with Crippen molar-refractivity contribution in [2.75, 3.05) is 20.1 Å². The van der Waals surface area contributed by atoms with Crippen LogP contribution >= 0.6 is 0 Å². The summed E-state index contributed by atoms with van der Waals surface area (Å²) in [5.74, 6) is -1.96. The topological polar surface area (TPSA) is 32.3 Å². The summed E-state index contributed by atoms with van der Waals surface area (Å²) in [5, 5.41) is 3.05. The van der Waals surface area contributed by atoms with Crippen LogP contribution in [0.3, 0.4) is 0 Å². The van der Waals surface area contributed by atoms with E-state index in [4.69, 9.17) is 0 Å². The van der Waals surface area contributed by atoms with Gasteiger partial charge >= 0.3 is 0 Å². The highest BCUT2D eigenvalue weighted by Crippen LogP contribution is 2.19. The van der Waals surface area contributed by atoms with E-state index in [1.54, 1.807) is 4.90 Å². The largest absolute Gasteiger partial charge is 0.338 e. The molecule has 1 heterocycles. The van der Waals surface area contributed by atoms with Crippen LogP contribution in [0.4, 0.5) is 8.78 Å². The molecule has 0 aliphatic carbocycles. The lowest BCUT2D eigenvalue weighted by Gasteiger charge is -2.24. The number of nitrogens with one attached hydrogen (secondary N) is 1. The number of carbonyl (C=O) groups excluding carboxylic acids is 1. The molecule has 0 bridgehead atoms. The molecule has 104 valence electrons. The minimum Gasteiger partial charge on any atom is -0.338 e. The molecular formula is C14H18F2N2O. The summed E-state index contributed by atoms with van der Waals surface area (Å²) in [6, 6.07) is 4.10. The lowest BCUT2D eigenvalue weighted by Crippen LogP contribution is -2.41. The fourth-order valence-electron chi connectivity index (χ4n) is 2.56. The average molecular weight is 268 g/mol. The molecule has 1 fully saturated rings. The first-order valence-electron chi connectivity index (χ1n) is 6.50. The number of nitrogens with zero attached hydrogens (tertiary/aromatic N) is 1. The maximum absolute atomic E-state index is 13.5. The molecule has 19 heavy (non-hydrogen) atoms. The molecule has 0 unspecified atom stereocenters. The molecule has 3 nitrogen and oxygen atoms in total. The zero-order chi connectivity index (χ0) is 13.8. The maximum atomic E-state index is 13.5. The highest BCUT2D eigenvalue weighted by atomic mass is 19.2. The number of hydrogen-bond acceptors (Lipinski definition) is 2. The van der Waals surface area contributed by atoms with E-state index in [2.05, 4.69) is 5.32 Å². The van der Waals surface area contributed by atoms with E-state index in [9.17, 15) is 13.6 Å². The van der Waals surface area contributed by atoms with Crippen molar-refractivity contribution < 1.29 is 13.6 Å². The second-order valence-electron chi connectivity index (χ2n) is 4.83. The first kappa shape index (κ1) is 13.9. The zero-order valence-corrected chi connectivity index (χ0v) is 11.0. The van der Waals surface area contributed by atoms with Crippen molar-refractivity contribution in [2.45, 2.75) is 25.3 Å². The van der Waals surface area contributed by atoms with Crippen molar-refractivity contribution in [1.82, 2.24) is 10.2 Å². The Morgan fingerprint density at radius 1 is 1.47 bits per heavy atom. The van der Waals surface area contributed by atoms with Crippen LogP contribution in [-0.2, 0) is 11.2 Å². The Morgan fingerprint density at radius 2 is 2.26 bits per heavy atom. The quantitative estimate of drug-likeness (QED) is 0.901. The van der Waals surface area contributed by atoms with Gasteiger partial charge in [0.1, 0.15) is 0 Å². The summed E-state index contributed by atoms with van der Waals surface area (Å²) in [4.78, 5) is 13.9.